The van der Waals surface area contributed by atoms with E-state index in [1.807, 2.05) is 32.0 Å². The van der Waals surface area contributed by atoms with E-state index in [1.165, 1.54) is 0 Å². The van der Waals surface area contributed by atoms with Crippen LogP contribution in [0.4, 0.5) is 5.95 Å². The van der Waals surface area contributed by atoms with E-state index in [4.69, 9.17) is 0 Å². The summed E-state index contributed by atoms with van der Waals surface area (Å²) >= 11 is 0. The molecule has 1 aliphatic heterocycles. The summed E-state index contributed by atoms with van der Waals surface area (Å²) in [6, 6.07) is 11.9. The van der Waals surface area contributed by atoms with Gasteiger partial charge in [0.05, 0.1) is 11.1 Å². The number of carbonyl (C=O) groups excluding carboxylic acids is 1. The van der Waals surface area contributed by atoms with Gasteiger partial charge >= 0.3 is 0 Å². The van der Waals surface area contributed by atoms with E-state index in [9.17, 15) is 4.79 Å². The summed E-state index contributed by atoms with van der Waals surface area (Å²) in [5.41, 5.74) is 3.62. The van der Waals surface area contributed by atoms with Gasteiger partial charge in [0.15, 0.2) is 0 Å². The molecule has 7 heteroatoms. The molecule has 1 amide bonds. The van der Waals surface area contributed by atoms with Crippen molar-refractivity contribution in [2.45, 2.75) is 26.8 Å². The Labute approximate surface area is 164 Å². The van der Waals surface area contributed by atoms with E-state index in [2.05, 4.69) is 42.5 Å². The highest BCUT2D eigenvalue weighted by Gasteiger charge is 2.50. The van der Waals surface area contributed by atoms with E-state index in [-0.39, 0.29) is 5.91 Å². The summed E-state index contributed by atoms with van der Waals surface area (Å²) in [7, 11) is 0. The van der Waals surface area contributed by atoms with E-state index >= 15 is 0 Å². The molecule has 0 spiro atoms. The summed E-state index contributed by atoms with van der Waals surface area (Å²) in [5, 5.41) is 10.3. The zero-order valence-electron chi connectivity index (χ0n) is 16.1. The van der Waals surface area contributed by atoms with E-state index in [1.54, 1.807) is 18.5 Å². The number of H-pyrrole nitrogens is 1. The number of aryl methyl sites for hydroxylation is 2. The molecule has 28 heavy (non-hydrogen) atoms. The maximum atomic E-state index is 13.2. The smallest absolute Gasteiger partial charge is 0.230 e. The van der Waals surface area contributed by atoms with Crippen molar-refractivity contribution in [3.8, 4) is 0 Å². The van der Waals surface area contributed by atoms with Crippen LogP contribution in [0.1, 0.15) is 22.5 Å². The molecule has 1 saturated heterocycles. The molecule has 0 unspecified atom stereocenters. The number of rotatable bonds is 6. The van der Waals surface area contributed by atoms with E-state index < -0.39 is 5.41 Å². The zero-order chi connectivity index (χ0) is 19.6. The van der Waals surface area contributed by atoms with Crippen LogP contribution >= 0.6 is 0 Å². The zero-order valence-corrected chi connectivity index (χ0v) is 16.1. The molecule has 1 aromatic carbocycles. The number of nitrogens with zero attached hydrogens (tertiary/aromatic N) is 4. The molecule has 0 radical (unpaired) electrons. The first kappa shape index (κ1) is 18.2. The lowest BCUT2D eigenvalue weighted by Crippen LogP contribution is -2.64. The number of nitrogens with one attached hydrogen (secondary N) is 2. The fourth-order valence-corrected chi connectivity index (χ4v) is 3.79. The topological polar surface area (TPSA) is 86.8 Å². The first-order chi connectivity index (χ1) is 13.6. The highest BCUT2D eigenvalue weighted by Crippen LogP contribution is 2.36. The van der Waals surface area contributed by atoms with Gasteiger partial charge in [-0.05, 0) is 31.9 Å². The molecule has 2 N–H and O–H groups in total. The summed E-state index contributed by atoms with van der Waals surface area (Å²) in [6.07, 6.45) is 4.14. The quantitative estimate of drug-likeness (QED) is 0.689. The first-order valence-corrected chi connectivity index (χ1v) is 9.42. The molecule has 0 aliphatic carbocycles. The number of amides is 1. The van der Waals surface area contributed by atoms with Crippen LogP contribution in [0, 0.1) is 19.3 Å². The molecule has 3 heterocycles. The van der Waals surface area contributed by atoms with Gasteiger partial charge in [-0.3, -0.25) is 9.89 Å². The van der Waals surface area contributed by atoms with Crippen molar-refractivity contribution in [1.29, 1.82) is 0 Å². The van der Waals surface area contributed by atoms with Crippen LogP contribution in [0.2, 0.25) is 0 Å². The first-order valence-electron chi connectivity index (χ1n) is 9.42. The Morgan fingerprint density at radius 2 is 1.86 bits per heavy atom. The third kappa shape index (κ3) is 3.47. The maximum absolute atomic E-state index is 13.2. The number of aromatic nitrogens is 4. The molecule has 1 aliphatic rings. The third-order valence-corrected chi connectivity index (χ3v) is 5.40. The molecule has 7 nitrogen and oxygen atoms in total. The predicted octanol–water partition coefficient (Wildman–Crippen LogP) is 2.18. The number of hydrogen-bond donors (Lipinski definition) is 2. The Hall–Kier alpha value is -3.22. The molecule has 0 atom stereocenters. The highest BCUT2D eigenvalue weighted by atomic mass is 16.2. The van der Waals surface area contributed by atoms with Gasteiger partial charge in [-0.1, -0.05) is 30.3 Å². The fourth-order valence-electron chi connectivity index (χ4n) is 3.79. The van der Waals surface area contributed by atoms with Crippen LogP contribution in [0.5, 0.6) is 0 Å². The minimum absolute atomic E-state index is 0.0588. The second-order valence-electron chi connectivity index (χ2n) is 7.44. The summed E-state index contributed by atoms with van der Waals surface area (Å²) in [5.74, 6) is 0.726. The minimum Gasteiger partial charge on any atom is -0.351 e. The third-order valence-electron chi connectivity index (χ3n) is 5.40. The molecule has 3 aromatic rings. The molecular weight excluding hydrogens is 352 g/mol. The largest absolute Gasteiger partial charge is 0.351 e. The van der Waals surface area contributed by atoms with Crippen LogP contribution in [0.25, 0.3) is 0 Å². The van der Waals surface area contributed by atoms with Gasteiger partial charge in [0, 0.05) is 43.3 Å². The Balaban J connectivity index is 1.51. The predicted molar refractivity (Wildman–Crippen MR) is 107 cm³/mol. The Bertz CT molecular complexity index is 928. The summed E-state index contributed by atoms with van der Waals surface area (Å²) < 4.78 is 0. The van der Waals surface area contributed by atoms with Gasteiger partial charge in [0.25, 0.3) is 0 Å². The van der Waals surface area contributed by atoms with Gasteiger partial charge in [-0.15, -0.1) is 0 Å². The Morgan fingerprint density at radius 3 is 2.50 bits per heavy atom. The molecule has 0 saturated carbocycles. The Morgan fingerprint density at radius 1 is 1.14 bits per heavy atom. The fraction of sp³-hybridized carbons (Fsp3) is 0.333. The van der Waals surface area contributed by atoms with Crippen LogP contribution in [0.3, 0.4) is 0 Å². The van der Waals surface area contributed by atoms with Crippen molar-refractivity contribution in [2.75, 3.05) is 18.0 Å². The van der Waals surface area contributed by atoms with Gasteiger partial charge < -0.3 is 10.2 Å². The number of benzene rings is 1. The van der Waals surface area contributed by atoms with Crippen LogP contribution in [-0.2, 0) is 17.8 Å². The van der Waals surface area contributed by atoms with Crippen molar-refractivity contribution in [1.82, 2.24) is 25.5 Å². The van der Waals surface area contributed by atoms with Gasteiger partial charge in [-0.2, -0.15) is 5.10 Å². The lowest BCUT2D eigenvalue weighted by atomic mass is 9.74. The summed E-state index contributed by atoms with van der Waals surface area (Å²) in [6.45, 7) is 5.59. The van der Waals surface area contributed by atoms with Crippen molar-refractivity contribution in [3.05, 3.63) is 71.3 Å². The summed E-state index contributed by atoms with van der Waals surface area (Å²) in [4.78, 5) is 23.9. The van der Waals surface area contributed by atoms with Crippen molar-refractivity contribution in [3.63, 3.8) is 0 Å². The van der Waals surface area contributed by atoms with E-state index in [0.717, 1.165) is 22.5 Å². The number of hydrogen-bond acceptors (Lipinski definition) is 5. The van der Waals surface area contributed by atoms with Crippen LogP contribution < -0.4 is 10.2 Å². The Kier molecular flexibility index (Phi) is 4.81. The molecule has 144 valence electrons. The number of aromatic amines is 1. The van der Waals surface area contributed by atoms with Gasteiger partial charge in [0.2, 0.25) is 11.9 Å². The molecule has 4 rings (SSSR count). The normalized spacial score (nSPS) is 15.1. The van der Waals surface area contributed by atoms with Crippen molar-refractivity contribution >= 4 is 11.9 Å². The second-order valence-corrected chi connectivity index (χ2v) is 7.44. The molecule has 1 fully saturated rings. The average Bonchev–Trinajstić information content (AvgIpc) is 3.01. The van der Waals surface area contributed by atoms with Crippen LogP contribution in [0.15, 0.2) is 48.8 Å². The highest BCUT2D eigenvalue weighted by molar-refractivity contribution is 5.86. The van der Waals surface area contributed by atoms with Crippen LogP contribution in [-0.4, -0.2) is 39.2 Å². The maximum Gasteiger partial charge on any atom is 0.230 e. The van der Waals surface area contributed by atoms with Gasteiger partial charge in [-0.25, -0.2) is 9.97 Å². The van der Waals surface area contributed by atoms with Crippen molar-refractivity contribution < 1.29 is 4.79 Å². The van der Waals surface area contributed by atoms with Gasteiger partial charge in [0.1, 0.15) is 0 Å². The molecule has 0 bridgehead atoms. The lowest BCUT2D eigenvalue weighted by Gasteiger charge is -2.49. The SMILES string of the molecule is Cc1n[nH]c(C)c1CNC(=O)C1(Cc2ccccc2)CN(c2ncccn2)C1. The number of carbonyl (C=O) groups is 1. The standard InChI is InChI=1S/C21H24N6O/c1-15-18(16(2)26-25-15)12-24-19(28)21(11-17-7-4-3-5-8-17)13-27(14-21)20-22-9-6-10-23-20/h3-10H,11-14H2,1-2H3,(H,24,28)(H,25,26). The minimum atomic E-state index is -0.494. The van der Waals surface area contributed by atoms with E-state index in [0.29, 0.717) is 32.0 Å². The van der Waals surface area contributed by atoms with Crippen molar-refractivity contribution in [2.24, 2.45) is 5.41 Å². The number of anilines is 1. The molecular formula is C21H24N6O. The monoisotopic (exact) mass is 376 g/mol. The molecule has 2 aromatic heterocycles. The second kappa shape index (κ2) is 7.42. The lowest BCUT2D eigenvalue weighted by molar-refractivity contribution is -0.132. The average molecular weight is 376 g/mol.